The number of carbonyl (C=O) groups excluding carboxylic acids is 2. The maximum absolute atomic E-state index is 12.3. The van der Waals surface area contributed by atoms with E-state index >= 15 is 0 Å². The van der Waals surface area contributed by atoms with Gasteiger partial charge in [-0.3, -0.25) is 4.79 Å². The summed E-state index contributed by atoms with van der Waals surface area (Å²) >= 11 is 0. The minimum absolute atomic E-state index is 0.0576. The number of benzene rings is 1. The van der Waals surface area contributed by atoms with E-state index in [9.17, 15) is 9.59 Å². The van der Waals surface area contributed by atoms with Gasteiger partial charge in [0.2, 0.25) is 5.91 Å². The Balaban J connectivity index is 3.05. The summed E-state index contributed by atoms with van der Waals surface area (Å²) in [6, 6.07) is 5.54. The average Bonchev–Trinajstić information content (AvgIpc) is 2.56. The molecule has 0 unspecified atom stereocenters. The molecule has 0 aliphatic carbocycles. The Bertz CT molecular complexity index is 602. The van der Waals surface area contributed by atoms with Gasteiger partial charge in [-0.15, -0.1) is 0 Å². The van der Waals surface area contributed by atoms with Gasteiger partial charge in [0, 0.05) is 58.1 Å². The van der Waals surface area contributed by atoms with Gasteiger partial charge < -0.3 is 25.2 Å². The molecule has 0 radical (unpaired) electrons. The normalized spacial score (nSPS) is 10.6. The van der Waals surface area contributed by atoms with E-state index in [-0.39, 0.29) is 18.0 Å². The van der Waals surface area contributed by atoms with Crippen LogP contribution in [0, 0.1) is 0 Å². The highest BCUT2D eigenvalue weighted by Gasteiger charge is 2.16. The number of hydrogen-bond acceptors (Lipinski definition) is 4. The summed E-state index contributed by atoms with van der Waals surface area (Å²) in [5, 5.41) is 5.65. The predicted octanol–water partition coefficient (Wildman–Crippen LogP) is 2.67. The molecule has 1 aromatic rings. The summed E-state index contributed by atoms with van der Waals surface area (Å²) in [5.74, 6) is 0.0719. The quantitative estimate of drug-likeness (QED) is 0.706. The van der Waals surface area contributed by atoms with E-state index in [2.05, 4.69) is 10.6 Å². The highest BCUT2D eigenvalue weighted by Crippen LogP contribution is 2.24. The molecule has 0 bridgehead atoms. The van der Waals surface area contributed by atoms with Crippen LogP contribution in [0.4, 0.5) is 16.2 Å². The standard InChI is InChI=1S/C19H32N4O3/c1-7-18(24)23(10-11-26-6)13-15-12-16(8-9-17(15)22(4)5)21-19(25)20-14(2)3/h8-9,12,14H,7,10-11,13H2,1-6H3,(H2,20,21,25). The summed E-state index contributed by atoms with van der Waals surface area (Å²) in [6.07, 6.45) is 0.440. The molecule has 0 heterocycles. The van der Waals surface area contributed by atoms with E-state index < -0.39 is 0 Å². The lowest BCUT2D eigenvalue weighted by Gasteiger charge is -2.26. The van der Waals surface area contributed by atoms with Crippen LogP contribution in [0.5, 0.6) is 0 Å². The molecule has 0 aliphatic rings. The number of nitrogens with zero attached hydrogens (tertiary/aromatic N) is 2. The van der Waals surface area contributed by atoms with Crippen molar-refractivity contribution in [2.45, 2.75) is 39.8 Å². The smallest absolute Gasteiger partial charge is 0.319 e. The van der Waals surface area contributed by atoms with Gasteiger partial charge in [-0.25, -0.2) is 4.79 Å². The Morgan fingerprint density at radius 1 is 1.23 bits per heavy atom. The highest BCUT2D eigenvalue weighted by atomic mass is 16.5. The van der Waals surface area contributed by atoms with E-state index in [1.165, 1.54) is 0 Å². The molecule has 0 aromatic heterocycles. The third-order valence-electron chi connectivity index (χ3n) is 3.82. The number of amides is 3. The summed E-state index contributed by atoms with van der Waals surface area (Å²) in [5.41, 5.74) is 2.67. The minimum Gasteiger partial charge on any atom is -0.383 e. The summed E-state index contributed by atoms with van der Waals surface area (Å²) < 4.78 is 5.13. The van der Waals surface area contributed by atoms with E-state index in [0.29, 0.717) is 31.8 Å². The monoisotopic (exact) mass is 364 g/mol. The largest absolute Gasteiger partial charge is 0.383 e. The first kappa shape index (κ1) is 21.8. The number of ether oxygens (including phenoxy) is 1. The van der Waals surface area contributed by atoms with Crippen LogP contribution in [-0.2, 0) is 16.1 Å². The zero-order valence-electron chi connectivity index (χ0n) is 16.8. The lowest BCUT2D eigenvalue weighted by atomic mass is 10.1. The Hall–Kier alpha value is -2.28. The van der Waals surface area contributed by atoms with Gasteiger partial charge in [0.1, 0.15) is 0 Å². The molecule has 0 fully saturated rings. The zero-order chi connectivity index (χ0) is 19.7. The van der Waals surface area contributed by atoms with Crippen molar-refractivity contribution in [2.24, 2.45) is 0 Å². The third-order valence-corrected chi connectivity index (χ3v) is 3.82. The van der Waals surface area contributed by atoms with Crippen molar-refractivity contribution in [2.75, 3.05) is 44.6 Å². The number of methoxy groups -OCH3 is 1. The second kappa shape index (κ2) is 10.7. The van der Waals surface area contributed by atoms with Crippen LogP contribution in [0.25, 0.3) is 0 Å². The van der Waals surface area contributed by atoms with Crippen LogP contribution in [-0.4, -0.2) is 57.2 Å². The average molecular weight is 364 g/mol. The van der Waals surface area contributed by atoms with Gasteiger partial charge in [-0.2, -0.15) is 0 Å². The molecule has 0 saturated heterocycles. The van der Waals surface area contributed by atoms with Crippen molar-refractivity contribution < 1.29 is 14.3 Å². The summed E-state index contributed by atoms with van der Waals surface area (Å²) in [6.45, 7) is 7.14. The molecular formula is C19H32N4O3. The SMILES string of the molecule is CCC(=O)N(CCOC)Cc1cc(NC(=O)NC(C)C)ccc1N(C)C. The van der Waals surface area contributed by atoms with Gasteiger partial charge in [0.05, 0.1) is 6.61 Å². The molecule has 0 aliphatic heterocycles. The second-order valence-electron chi connectivity index (χ2n) is 6.65. The number of urea groups is 1. The van der Waals surface area contributed by atoms with Crippen molar-refractivity contribution in [1.29, 1.82) is 0 Å². The Labute approximate surface area is 156 Å². The van der Waals surface area contributed by atoms with Gasteiger partial charge >= 0.3 is 6.03 Å². The molecule has 7 heteroatoms. The van der Waals surface area contributed by atoms with Crippen molar-refractivity contribution in [3.05, 3.63) is 23.8 Å². The molecule has 3 amide bonds. The lowest BCUT2D eigenvalue weighted by molar-refractivity contribution is -0.132. The Kier molecular flexibility index (Phi) is 8.92. The van der Waals surface area contributed by atoms with Gasteiger partial charge in [0.25, 0.3) is 0 Å². The highest BCUT2D eigenvalue weighted by molar-refractivity contribution is 5.90. The van der Waals surface area contributed by atoms with Gasteiger partial charge in [-0.05, 0) is 37.6 Å². The molecule has 1 aromatic carbocycles. The van der Waals surface area contributed by atoms with Crippen molar-refractivity contribution in [3.63, 3.8) is 0 Å². The molecule has 146 valence electrons. The van der Waals surface area contributed by atoms with E-state index in [1.807, 2.05) is 58.0 Å². The fraction of sp³-hybridized carbons (Fsp3) is 0.579. The fourth-order valence-corrected chi connectivity index (χ4v) is 2.58. The van der Waals surface area contributed by atoms with Crippen molar-refractivity contribution in [3.8, 4) is 0 Å². The number of hydrogen-bond donors (Lipinski definition) is 2. The number of nitrogens with one attached hydrogen (secondary N) is 2. The molecule has 2 N–H and O–H groups in total. The maximum Gasteiger partial charge on any atom is 0.319 e. The maximum atomic E-state index is 12.3. The van der Waals surface area contributed by atoms with Crippen LogP contribution < -0.4 is 15.5 Å². The van der Waals surface area contributed by atoms with E-state index in [1.54, 1.807) is 12.0 Å². The van der Waals surface area contributed by atoms with Crippen LogP contribution in [0.15, 0.2) is 18.2 Å². The van der Waals surface area contributed by atoms with Crippen LogP contribution in [0.2, 0.25) is 0 Å². The number of carbonyl (C=O) groups is 2. The molecule has 7 nitrogen and oxygen atoms in total. The minimum atomic E-state index is -0.246. The molecule has 26 heavy (non-hydrogen) atoms. The van der Waals surface area contributed by atoms with Gasteiger partial charge in [0.15, 0.2) is 0 Å². The zero-order valence-corrected chi connectivity index (χ0v) is 16.8. The van der Waals surface area contributed by atoms with Crippen molar-refractivity contribution >= 4 is 23.3 Å². The number of rotatable bonds is 9. The van der Waals surface area contributed by atoms with Crippen LogP contribution in [0.1, 0.15) is 32.8 Å². The molecule has 0 atom stereocenters. The van der Waals surface area contributed by atoms with E-state index in [4.69, 9.17) is 4.74 Å². The third kappa shape index (κ3) is 6.92. The first-order chi connectivity index (χ1) is 12.3. The molecular weight excluding hydrogens is 332 g/mol. The Morgan fingerprint density at radius 2 is 1.92 bits per heavy atom. The Morgan fingerprint density at radius 3 is 2.46 bits per heavy atom. The fourth-order valence-electron chi connectivity index (χ4n) is 2.58. The molecule has 0 spiro atoms. The van der Waals surface area contributed by atoms with E-state index in [0.717, 1.165) is 11.3 Å². The summed E-state index contributed by atoms with van der Waals surface area (Å²) in [7, 11) is 5.54. The summed E-state index contributed by atoms with van der Waals surface area (Å²) in [4.78, 5) is 28.0. The number of anilines is 2. The lowest BCUT2D eigenvalue weighted by Crippen LogP contribution is -2.34. The second-order valence-corrected chi connectivity index (χ2v) is 6.65. The van der Waals surface area contributed by atoms with Crippen molar-refractivity contribution in [1.82, 2.24) is 10.2 Å². The first-order valence-corrected chi connectivity index (χ1v) is 8.92. The first-order valence-electron chi connectivity index (χ1n) is 8.92. The molecule has 1 rings (SSSR count). The topological polar surface area (TPSA) is 73.9 Å². The van der Waals surface area contributed by atoms with Crippen LogP contribution in [0.3, 0.4) is 0 Å². The van der Waals surface area contributed by atoms with Gasteiger partial charge in [-0.1, -0.05) is 6.92 Å². The van der Waals surface area contributed by atoms with Crippen LogP contribution >= 0.6 is 0 Å². The predicted molar refractivity (Wildman–Crippen MR) is 106 cm³/mol. The molecule has 0 saturated carbocycles.